The number of carbonyl (C=O) groups excluding carboxylic acids is 1. The molecule has 0 atom stereocenters. The average molecular weight is 387 g/mol. The van der Waals surface area contributed by atoms with Gasteiger partial charge in [0.1, 0.15) is 17.3 Å². The maximum Gasteiger partial charge on any atom is 0.255 e. The van der Waals surface area contributed by atoms with Gasteiger partial charge >= 0.3 is 0 Å². The minimum atomic E-state index is -0.447. The zero-order valence-corrected chi connectivity index (χ0v) is 15.8. The van der Waals surface area contributed by atoms with Crippen LogP contribution >= 0.6 is 11.8 Å². The number of aromatic nitrogens is 2. The Kier molecular flexibility index (Phi) is 5.66. The number of hydrogen-bond donors (Lipinski definition) is 1. The summed E-state index contributed by atoms with van der Waals surface area (Å²) in [5.41, 5.74) is 0.693. The Morgan fingerprint density at radius 3 is 2.44 bits per heavy atom. The monoisotopic (exact) mass is 387 g/mol. The maximum atomic E-state index is 13.8. The molecule has 0 aliphatic carbocycles. The van der Waals surface area contributed by atoms with Gasteiger partial charge in [-0.25, -0.2) is 9.37 Å². The van der Waals surface area contributed by atoms with Gasteiger partial charge in [-0.1, -0.05) is 0 Å². The van der Waals surface area contributed by atoms with Gasteiger partial charge in [0.05, 0.1) is 19.9 Å². The van der Waals surface area contributed by atoms with Crippen molar-refractivity contribution >= 4 is 23.4 Å². The van der Waals surface area contributed by atoms with Crippen LogP contribution in [0.15, 0.2) is 58.8 Å². The number of anilines is 1. The molecule has 2 aromatic carbocycles. The third kappa shape index (κ3) is 4.40. The van der Waals surface area contributed by atoms with E-state index in [4.69, 9.17) is 9.47 Å². The van der Waals surface area contributed by atoms with E-state index in [9.17, 15) is 9.18 Å². The van der Waals surface area contributed by atoms with Crippen LogP contribution in [0.5, 0.6) is 11.5 Å². The second-order valence-electron chi connectivity index (χ2n) is 5.62. The zero-order chi connectivity index (χ0) is 19.4. The maximum absolute atomic E-state index is 13.8. The van der Waals surface area contributed by atoms with Gasteiger partial charge in [0.15, 0.2) is 5.16 Å². The van der Waals surface area contributed by atoms with Gasteiger partial charge in [0, 0.05) is 36.0 Å². The molecule has 0 bridgehead atoms. The van der Waals surface area contributed by atoms with Crippen molar-refractivity contribution in [2.75, 3.05) is 19.5 Å². The second-order valence-corrected chi connectivity index (χ2v) is 6.63. The molecule has 1 N–H and O–H groups in total. The van der Waals surface area contributed by atoms with E-state index < -0.39 is 11.7 Å². The van der Waals surface area contributed by atoms with Gasteiger partial charge < -0.3 is 19.4 Å². The summed E-state index contributed by atoms with van der Waals surface area (Å²) in [5.74, 6) is 0.125. The fraction of sp³-hybridized carbons (Fsp3) is 0.158. The Bertz CT molecular complexity index is 952. The highest BCUT2D eigenvalue weighted by Gasteiger charge is 2.15. The highest BCUT2D eigenvalue weighted by molar-refractivity contribution is 7.99. The average Bonchev–Trinajstić information content (AvgIpc) is 3.08. The molecule has 8 heteroatoms. The summed E-state index contributed by atoms with van der Waals surface area (Å²) < 4.78 is 26.0. The molecule has 3 rings (SSSR count). The number of nitrogens with zero attached hydrogens (tertiary/aromatic N) is 2. The van der Waals surface area contributed by atoms with E-state index in [0.29, 0.717) is 27.6 Å². The van der Waals surface area contributed by atoms with Crippen LogP contribution < -0.4 is 14.8 Å². The van der Waals surface area contributed by atoms with E-state index in [-0.39, 0.29) is 0 Å². The summed E-state index contributed by atoms with van der Waals surface area (Å²) in [5, 5.41) is 3.48. The molecule has 3 aromatic rings. The van der Waals surface area contributed by atoms with Crippen molar-refractivity contribution in [3.63, 3.8) is 0 Å². The first-order valence-electron chi connectivity index (χ1n) is 7.99. The quantitative estimate of drug-likeness (QED) is 0.693. The van der Waals surface area contributed by atoms with Crippen molar-refractivity contribution in [3.05, 3.63) is 60.2 Å². The number of benzene rings is 2. The van der Waals surface area contributed by atoms with Crippen molar-refractivity contribution in [1.82, 2.24) is 9.55 Å². The minimum absolute atomic E-state index is 0.336. The molecule has 0 radical (unpaired) electrons. The molecular weight excluding hydrogens is 369 g/mol. The third-order valence-corrected chi connectivity index (χ3v) is 4.93. The molecule has 27 heavy (non-hydrogen) atoms. The number of carbonyl (C=O) groups is 1. The van der Waals surface area contributed by atoms with Crippen molar-refractivity contribution in [1.29, 1.82) is 0 Å². The van der Waals surface area contributed by atoms with Gasteiger partial charge in [-0.3, -0.25) is 4.79 Å². The lowest BCUT2D eigenvalue weighted by Gasteiger charge is -2.12. The summed E-state index contributed by atoms with van der Waals surface area (Å²) in [6.45, 7) is 0. The van der Waals surface area contributed by atoms with E-state index >= 15 is 0 Å². The van der Waals surface area contributed by atoms with Crippen LogP contribution in [-0.2, 0) is 7.05 Å². The largest absolute Gasteiger partial charge is 0.497 e. The van der Waals surface area contributed by atoms with E-state index in [1.165, 1.54) is 38.1 Å². The molecule has 0 aliphatic heterocycles. The van der Waals surface area contributed by atoms with Crippen LogP contribution in [0.1, 0.15) is 10.4 Å². The summed E-state index contributed by atoms with van der Waals surface area (Å²) in [4.78, 5) is 17.6. The molecule has 0 unspecified atom stereocenters. The minimum Gasteiger partial charge on any atom is -0.497 e. The molecule has 6 nitrogen and oxygen atoms in total. The van der Waals surface area contributed by atoms with Gasteiger partial charge in [-0.05, 0) is 42.1 Å². The number of amides is 1. The molecule has 1 aromatic heterocycles. The molecule has 0 saturated carbocycles. The lowest BCUT2D eigenvalue weighted by atomic mass is 10.1. The molecule has 1 amide bonds. The summed E-state index contributed by atoms with van der Waals surface area (Å²) in [6, 6.07) is 9.07. The predicted octanol–water partition coefficient (Wildman–Crippen LogP) is 3.98. The van der Waals surface area contributed by atoms with Crippen molar-refractivity contribution in [3.8, 4) is 11.5 Å². The first-order chi connectivity index (χ1) is 13.0. The van der Waals surface area contributed by atoms with Crippen molar-refractivity contribution < 1.29 is 18.7 Å². The lowest BCUT2D eigenvalue weighted by Crippen LogP contribution is -2.13. The number of ether oxygens (including phenoxy) is 2. The smallest absolute Gasteiger partial charge is 0.255 e. The van der Waals surface area contributed by atoms with E-state index in [1.807, 2.05) is 17.8 Å². The van der Waals surface area contributed by atoms with E-state index in [2.05, 4.69) is 10.3 Å². The molecule has 1 heterocycles. The van der Waals surface area contributed by atoms with Crippen molar-refractivity contribution in [2.24, 2.45) is 7.05 Å². The van der Waals surface area contributed by atoms with Crippen LogP contribution in [0, 0.1) is 5.82 Å². The van der Waals surface area contributed by atoms with Gasteiger partial charge in [0.25, 0.3) is 5.91 Å². The van der Waals surface area contributed by atoms with Gasteiger partial charge in [-0.2, -0.15) is 0 Å². The number of imidazole rings is 1. The van der Waals surface area contributed by atoms with Crippen LogP contribution in [0.3, 0.4) is 0 Å². The van der Waals surface area contributed by atoms with Crippen LogP contribution in [-0.4, -0.2) is 29.7 Å². The first kappa shape index (κ1) is 18.8. The standard InChI is InChI=1S/C19H18FN3O3S/c1-23-7-6-21-19(23)27-17-5-4-13(20)10-16(17)22-18(24)12-8-14(25-2)11-15(9-12)26-3/h4-11H,1-3H3,(H,22,24). The molecule has 140 valence electrons. The number of aryl methyl sites for hydroxylation is 1. The number of nitrogens with one attached hydrogen (secondary N) is 1. The van der Waals surface area contributed by atoms with Crippen molar-refractivity contribution in [2.45, 2.75) is 10.1 Å². The number of halogens is 1. The first-order valence-corrected chi connectivity index (χ1v) is 8.81. The highest BCUT2D eigenvalue weighted by Crippen LogP contribution is 2.33. The zero-order valence-electron chi connectivity index (χ0n) is 15.0. The van der Waals surface area contributed by atoms with E-state index in [0.717, 1.165) is 5.16 Å². The molecule has 0 spiro atoms. The number of rotatable bonds is 6. The lowest BCUT2D eigenvalue weighted by molar-refractivity contribution is 0.102. The Morgan fingerprint density at radius 2 is 1.85 bits per heavy atom. The molecular formula is C19H18FN3O3S. The third-order valence-electron chi connectivity index (χ3n) is 3.78. The Labute approximate surface area is 160 Å². The fourth-order valence-electron chi connectivity index (χ4n) is 2.37. The Balaban J connectivity index is 1.90. The predicted molar refractivity (Wildman–Crippen MR) is 101 cm³/mol. The summed E-state index contributed by atoms with van der Waals surface area (Å²) >= 11 is 1.33. The summed E-state index contributed by atoms with van der Waals surface area (Å²) in [7, 11) is 4.87. The van der Waals surface area contributed by atoms with Gasteiger partial charge in [-0.15, -0.1) is 0 Å². The Hall–Kier alpha value is -3.00. The fourth-order valence-corrected chi connectivity index (χ4v) is 3.24. The number of methoxy groups -OCH3 is 2. The highest BCUT2D eigenvalue weighted by atomic mass is 32.2. The SMILES string of the molecule is COc1cc(OC)cc(C(=O)Nc2cc(F)ccc2Sc2nccn2C)c1. The Morgan fingerprint density at radius 1 is 1.15 bits per heavy atom. The van der Waals surface area contributed by atoms with Gasteiger partial charge in [0.2, 0.25) is 0 Å². The topological polar surface area (TPSA) is 65.4 Å². The van der Waals surface area contributed by atoms with Crippen LogP contribution in [0.4, 0.5) is 10.1 Å². The van der Waals surface area contributed by atoms with E-state index in [1.54, 1.807) is 30.5 Å². The van der Waals surface area contributed by atoms with Crippen LogP contribution in [0.25, 0.3) is 0 Å². The molecule has 0 fully saturated rings. The normalized spacial score (nSPS) is 10.5. The molecule has 0 aliphatic rings. The summed E-state index contributed by atoms with van der Waals surface area (Å²) in [6.07, 6.45) is 3.49. The van der Waals surface area contributed by atoms with Crippen LogP contribution in [0.2, 0.25) is 0 Å². The second kappa shape index (κ2) is 8.13. The number of hydrogen-bond acceptors (Lipinski definition) is 5. The molecule has 0 saturated heterocycles.